The Morgan fingerprint density at radius 1 is 1.03 bits per heavy atom. The lowest BCUT2D eigenvalue weighted by Gasteiger charge is -2.18. The van der Waals surface area contributed by atoms with Gasteiger partial charge in [0.1, 0.15) is 23.3 Å². The van der Waals surface area contributed by atoms with E-state index in [1.54, 1.807) is 21.3 Å². The number of benzene rings is 2. The van der Waals surface area contributed by atoms with Gasteiger partial charge in [-0.05, 0) is 79.3 Å². The summed E-state index contributed by atoms with van der Waals surface area (Å²) < 4.78 is 16.2. The fourth-order valence-corrected chi connectivity index (χ4v) is 4.03. The van der Waals surface area contributed by atoms with Crippen LogP contribution < -0.4 is 19.5 Å². The number of unbranched alkanes of at least 4 members (excludes halogenated alkanes) is 1. The molecule has 7 nitrogen and oxygen atoms in total. The van der Waals surface area contributed by atoms with Gasteiger partial charge in [-0.25, -0.2) is 4.79 Å². The lowest BCUT2D eigenvalue weighted by molar-refractivity contribution is -0.138. The van der Waals surface area contributed by atoms with Crippen LogP contribution in [-0.4, -0.2) is 43.6 Å². The highest BCUT2D eigenvalue weighted by atomic mass is 16.5. The minimum Gasteiger partial charge on any atom is -0.497 e. The molecule has 3 rings (SSSR count). The maximum Gasteiger partial charge on any atom is 0.326 e. The third-order valence-electron chi connectivity index (χ3n) is 5.98. The first-order valence-corrected chi connectivity index (χ1v) is 11.0. The first kappa shape index (κ1) is 23.7. The molecule has 2 aromatic rings. The Morgan fingerprint density at radius 2 is 1.75 bits per heavy atom. The lowest BCUT2D eigenvalue weighted by Crippen LogP contribution is -2.31. The van der Waals surface area contributed by atoms with Gasteiger partial charge in [0.05, 0.1) is 33.6 Å². The number of aliphatic hydroxyl groups excluding tert-OH is 1. The number of hydrogen-bond donors (Lipinski definition) is 3. The van der Waals surface area contributed by atoms with Crippen molar-refractivity contribution in [3.05, 3.63) is 47.0 Å². The number of hydrogen-bond acceptors (Lipinski definition) is 6. The first-order chi connectivity index (χ1) is 15.5. The summed E-state index contributed by atoms with van der Waals surface area (Å²) >= 11 is 0. The molecule has 1 aliphatic carbocycles. The topological polar surface area (TPSA) is 97.2 Å². The summed E-state index contributed by atoms with van der Waals surface area (Å²) in [7, 11) is 4.81. The largest absolute Gasteiger partial charge is 0.497 e. The van der Waals surface area contributed by atoms with Gasteiger partial charge < -0.3 is 29.7 Å². The van der Waals surface area contributed by atoms with Crippen LogP contribution in [-0.2, 0) is 24.2 Å². The van der Waals surface area contributed by atoms with E-state index in [1.165, 1.54) is 0 Å². The van der Waals surface area contributed by atoms with Crippen molar-refractivity contribution in [2.75, 3.05) is 26.6 Å². The van der Waals surface area contributed by atoms with Gasteiger partial charge in [0.2, 0.25) is 0 Å². The molecule has 0 amide bonds. The van der Waals surface area contributed by atoms with Crippen molar-refractivity contribution in [3.8, 4) is 17.2 Å². The third-order valence-corrected chi connectivity index (χ3v) is 5.98. The third kappa shape index (κ3) is 5.85. The predicted molar refractivity (Wildman–Crippen MR) is 123 cm³/mol. The monoisotopic (exact) mass is 443 g/mol. The van der Waals surface area contributed by atoms with Gasteiger partial charge in [-0.15, -0.1) is 0 Å². The van der Waals surface area contributed by atoms with Crippen LogP contribution in [0.5, 0.6) is 17.2 Å². The van der Waals surface area contributed by atoms with E-state index >= 15 is 0 Å². The number of aryl methyl sites for hydroxylation is 1. The second kappa shape index (κ2) is 11.1. The molecule has 0 saturated heterocycles. The van der Waals surface area contributed by atoms with E-state index in [1.807, 2.05) is 30.3 Å². The Kier molecular flexibility index (Phi) is 8.22. The standard InChI is InChI=1S/C25H33NO6/c1-30-19-13-18(15-27)20(23(14-19)32-3)7-5-4-6-16-8-11-22(31-2)21(12-16)26-24(25(28)29)17-9-10-17/h8,11-14,17,24,26-27H,4-7,9-10,15H2,1-3H3,(H,28,29). The molecular formula is C25H33NO6. The number of methoxy groups -OCH3 is 3. The zero-order valence-corrected chi connectivity index (χ0v) is 19.0. The maximum atomic E-state index is 11.6. The zero-order chi connectivity index (χ0) is 23.1. The summed E-state index contributed by atoms with van der Waals surface area (Å²) in [5.74, 6) is 1.40. The quantitative estimate of drug-likeness (QED) is 0.402. The number of aliphatic carboxylic acids is 1. The highest BCUT2D eigenvalue weighted by Gasteiger charge is 2.36. The molecular weight excluding hydrogens is 410 g/mol. The number of rotatable bonds is 13. The number of nitrogens with one attached hydrogen (secondary N) is 1. The van der Waals surface area contributed by atoms with E-state index in [9.17, 15) is 15.0 Å². The van der Waals surface area contributed by atoms with E-state index in [4.69, 9.17) is 14.2 Å². The van der Waals surface area contributed by atoms with Crippen LogP contribution in [0.25, 0.3) is 0 Å². The van der Waals surface area contributed by atoms with Crippen LogP contribution in [0.1, 0.15) is 42.4 Å². The number of ether oxygens (including phenoxy) is 3. The summed E-state index contributed by atoms with van der Waals surface area (Å²) in [5.41, 5.74) is 3.67. The van der Waals surface area contributed by atoms with Crippen LogP contribution in [0, 0.1) is 5.92 Å². The lowest BCUT2D eigenvalue weighted by atomic mass is 9.98. The first-order valence-electron chi connectivity index (χ1n) is 11.0. The van der Waals surface area contributed by atoms with Gasteiger partial charge in [0.25, 0.3) is 0 Å². The minimum absolute atomic E-state index is 0.0673. The number of carbonyl (C=O) groups is 1. The predicted octanol–water partition coefficient (Wildman–Crippen LogP) is 4.05. The van der Waals surface area contributed by atoms with Crippen molar-refractivity contribution in [1.29, 1.82) is 0 Å². The van der Waals surface area contributed by atoms with E-state index < -0.39 is 12.0 Å². The highest BCUT2D eigenvalue weighted by molar-refractivity contribution is 5.79. The van der Waals surface area contributed by atoms with Crippen LogP contribution in [0.15, 0.2) is 30.3 Å². The molecule has 1 saturated carbocycles. The Hall–Kier alpha value is -2.93. The molecule has 0 aromatic heterocycles. The Morgan fingerprint density at radius 3 is 2.34 bits per heavy atom. The van der Waals surface area contributed by atoms with Crippen LogP contribution in [0.3, 0.4) is 0 Å². The summed E-state index contributed by atoms with van der Waals surface area (Å²) in [6.45, 7) is -0.0673. The minimum atomic E-state index is -0.826. The molecule has 1 unspecified atom stereocenters. The smallest absolute Gasteiger partial charge is 0.326 e. The molecule has 32 heavy (non-hydrogen) atoms. The molecule has 0 spiro atoms. The average molecular weight is 444 g/mol. The number of carboxylic acid groups (broad SMARTS) is 1. The molecule has 0 bridgehead atoms. The molecule has 7 heteroatoms. The molecule has 2 aromatic carbocycles. The summed E-state index contributed by atoms with van der Waals surface area (Å²) in [6.07, 6.45) is 5.38. The average Bonchev–Trinajstić information content (AvgIpc) is 3.64. The van der Waals surface area contributed by atoms with E-state index in [2.05, 4.69) is 5.32 Å². The normalized spacial score (nSPS) is 14.0. The Balaban J connectivity index is 1.63. The number of anilines is 1. The summed E-state index contributed by atoms with van der Waals surface area (Å²) in [4.78, 5) is 11.6. The van der Waals surface area contributed by atoms with Gasteiger partial charge in [-0.1, -0.05) is 6.07 Å². The molecule has 0 heterocycles. The van der Waals surface area contributed by atoms with Crippen molar-refractivity contribution in [1.82, 2.24) is 0 Å². The highest BCUT2D eigenvalue weighted by Crippen LogP contribution is 2.36. The van der Waals surface area contributed by atoms with E-state index in [-0.39, 0.29) is 12.5 Å². The van der Waals surface area contributed by atoms with Gasteiger partial charge in [0, 0.05) is 6.07 Å². The number of carboxylic acids is 1. The van der Waals surface area contributed by atoms with E-state index in [0.29, 0.717) is 11.5 Å². The number of aliphatic hydroxyl groups is 1. The maximum absolute atomic E-state index is 11.6. The second-order valence-corrected chi connectivity index (χ2v) is 8.16. The van der Waals surface area contributed by atoms with Crippen LogP contribution in [0.2, 0.25) is 0 Å². The molecule has 3 N–H and O–H groups in total. The molecule has 1 fully saturated rings. The van der Waals surface area contributed by atoms with Crippen molar-refractivity contribution >= 4 is 11.7 Å². The zero-order valence-electron chi connectivity index (χ0n) is 19.0. The van der Waals surface area contributed by atoms with Gasteiger partial charge in [-0.3, -0.25) is 0 Å². The van der Waals surface area contributed by atoms with Crippen molar-refractivity contribution in [3.63, 3.8) is 0 Å². The molecule has 1 aliphatic rings. The Labute approximate surface area is 189 Å². The van der Waals surface area contributed by atoms with E-state index in [0.717, 1.165) is 66.7 Å². The summed E-state index contributed by atoms with van der Waals surface area (Å²) in [5, 5.41) is 22.5. The molecule has 1 atom stereocenters. The van der Waals surface area contributed by atoms with Crippen molar-refractivity contribution in [2.24, 2.45) is 5.92 Å². The van der Waals surface area contributed by atoms with Gasteiger partial charge >= 0.3 is 5.97 Å². The second-order valence-electron chi connectivity index (χ2n) is 8.16. The fraction of sp³-hybridized carbons (Fsp3) is 0.480. The van der Waals surface area contributed by atoms with Crippen molar-refractivity contribution in [2.45, 2.75) is 51.2 Å². The van der Waals surface area contributed by atoms with Gasteiger partial charge in [-0.2, -0.15) is 0 Å². The fourth-order valence-electron chi connectivity index (χ4n) is 4.03. The summed E-state index contributed by atoms with van der Waals surface area (Å²) in [6, 6.07) is 9.00. The molecule has 0 radical (unpaired) electrons. The Bertz CT molecular complexity index is 900. The molecule has 0 aliphatic heterocycles. The van der Waals surface area contributed by atoms with Crippen LogP contribution >= 0.6 is 0 Å². The SMILES string of the molecule is COc1cc(CO)c(CCCCc2ccc(OC)c(NC(C(=O)O)C3CC3)c2)c(OC)c1. The molecule has 174 valence electrons. The van der Waals surface area contributed by atoms with Gasteiger partial charge in [0.15, 0.2) is 0 Å². The van der Waals surface area contributed by atoms with Crippen LogP contribution in [0.4, 0.5) is 5.69 Å². The van der Waals surface area contributed by atoms with Crippen molar-refractivity contribution < 1.29 is 29.2 Å².